The monoisotopic (exact) mass is 332 g/mol. The third-order valence-electron chi connectivity index (χ3n) is 2.89. The molecule has 0 aliphatic rings. The van der Waals surface area contributed by atoms with Crippen molar-refractivity contribution in [3.8, 4) is 0 Å². The first-order chi connectivity index (χ1) is 11.0. The number of rotatable bonds is 4. The highest BCUT2D eigenvalue weighted by atomic mass is 32.2. The normalized spacial score (nSPS) is 10.2. The van der Waals surface area contributed by atoms with Gasteiger partial charge in [-0.15, -0.1) is 0 Å². The van der Waals surface area contributed by atoms with Gasteiger partial charge in [0, 0.05) is 17.3 Å². The molecule has 0 spiro atoms. The van der Waals surface area contributed by atoms with Gasteiger partial charge in [-0.1, -0.05) is 30.0 Å². The van der Waals surface area contributed by atoms with E-state index in [9.17, 15) is 14.4 Å². The number of H-pyrrole nitrogens is 1. The van der Waals surface area contributed by atoms with Crippen molar-refractivity contribution in [1.82, 2.24) is 20.8 Å². The van der Waals surface area contributed by atoms with Crippen LogP contribution in [-0.2, 0) is 4.79 Å². The lowest BCUT2D eigenvalue weighted by molar-refractivity contribution is -0.119. The number of carbonyl (C=O) groups is 2. The highest BCUT2D eigenvalue weighted by Gasteiger charge is 2.10. The van der Waals surface area contributed by atoms with Crippen molar-refractivity contribution in [3.05, 3.63) is 57.5 Å². The van der Waals surface area contributed by atoms with Gasteiger partial charge in [-0.3, -0.25) is 25.2 Å². The van der Waals surface area contributed by atoms with Crippen molar-refractivity contribution in [2.75, 3.05) is 5.75 Å². The summed E-state index contributed by atoms with van der Waals surface area (Å²) >= 11 is 1.08. The minimum atomic E-state index is -0.402. The fourth-order valence-corrected chi connectivity index (χ4v) is 2.53. The first-order valence-corrected chi connectivity index (χ1v) is 7.80. The molecule has 1 aromatic heterocycles. The summed E-state index contributed by atoms with van der Waals surface area (Å²) in [5.74, 6) is -0.773. The van der Waals surface area contributed by atoms with Gasteiger partial charge in [-0.05, 0) is 25.5 Å². The SMILES string of the molecule is Cc1cc(=O)[nH]c(SCC(=O)NNC(=O)c2ccccc2C)n1. The predicted molar refractivity (Wildman–Crippen MR) is 87.1 cm³/mol. The average molecular weight is 332 g/mol. The van der Waals surface area contributed by atoms with Crippen LogP contribution in [0.25, 0.3) is 0 Å². The van der Waals surface area contributed by atoms with E-state index in [1.54, 1.807) is 19.1 Å². The number of benzene rings is 1. The molecule has 0 aliphatic heterocycles. The Morgan fingerprint density at radius 2 is 1.96 bits per heavy atom. The summed E-state index contributed by atoms with van der Waals surface area (Å²) in [6, 6.07) is 8.43. The van der Waals surface area contributed by atoms with E-state index in [0.29, 0.717) is 16.4 Å². The number of amides is 2. The van der Waals surface area contributed by atoms with Gasteiger partial charge in [-0.2, -0.15) is 0 Å². The summed E-state index contributed by atoms with van der Waals surface area (Å²) in [6.45, 7) is 3.51. The van der Waals surface area contributed by atoms with Gasteiger partial charge in [0.2, 0.25) is 5.91 Å². The fraction of sp³-hybridized carbons (Fsp3) is 0.200. The Kier molecular flexibility index (Phi) is 5.53. The maximum Gasteiger partial charge on any atom is 0.269 e. The van der Waals surface area contributed by atoms with Crippen molar-refractivity contribution >= 4 is 23.6 Å². The lowest BCUT2D eigenvalue weighted by atomic mass is 10.1. The first kappa shape index (κ1) is 16.8. The number of aryl methyl sites for hydroxylation is 2. The first-order valence-electron chi connectivity index (χ1n) is 6.81. The van der Waals surface area contributed by atoms with Crippen molar-refractivity contribution in [3.63, 3.8) is 0 Å². The molecule has 0 unspecified atom stereocenters. The molecule has 120 valence electrons. The Morgan fingerprint density at radius 3 is 2.65 bits per heavy atom. The van der Waals surface area contributed by atoms with Crippen LogP contribution in [0, 0.1) is 13.8 Å². The molecule has 23 heavy (non-hydrogen) atoms. The van der Waals surface area contributed by atoms with Gasteiger partial charge < -0.3 is 4.98 Å². The summed E-state index contributed by atoms with van der Waals surface area (Å²) < 4.78 is 0. The van der Waals surface area contributed by atoms with Gasteiger partial charge in [0.15, 0.2) is 5.16 Å². The minimum absolute atomic E-state index is 0.0143. The van der Waals surface area contributed by atoms with Crippen LogP contribution in [0.3, 0.4) is 0 Å². The number of carbonyl (C=O) groups excluding carboxylic acids is 2. The molecule has 1 aromatic carbocycles. The Labute approximate surface area is 136 Å². The lowest BCUT2D eigenvalue weighted by Gasteiger charge is -2.08. The second kappa shape index (κ2) is 7.59. The molecule has 0 fully saturated rings. The van der Waals surface area contributed by atoms with E-state index in [-0.39, 0.29) is 17.2 Å². The van der Waals surface area contributed by atoms with Gasteiger partial charge in [0.25, 0.3) is 11.5 Å². The number of nitrogens with zero attached hydrogens (tertiary/aromatic N) is 1. The fourth-order valence-electron chi connectivity index (χ4n) is 1.81. The maximum atomic E-state index is 11.9. The Bertz CT molecular complexity index is 788. The molecule has 0 aliphatic carbocycles. The molecule has 3 N–H and O–H groups in total. The second-order valence-electron chi connectivity index (χ2n) is 4.80. The quantitative estimate of drug-likeness (QED) is 0.439. The third-order valence-corrected chi connectivity index (χ3v) is 3.77. The van der Waals surface area contributed by atoms with E-state index < -0.39 is 5.91 Å². The molecule has 2 aromatic rings. The number of nitrogens with one attached hydrogen (secondary N) is 3. The van der Waals surface area contributed by atoms with Gasteiger partial charge in [0.05, 0.1) is 5.75 Å². The summed E-state index contributed by atoms with van der Waals surface area (Å²) in [6.07, 6.45) is 0. The molecule has 0 bridgehead atoms. The van der Waals surface area contributed by atoms with Crippen molar-refractivity contribution in [2.45, 2.75) is 19.0 Å². The molecule has 1 heterocycles. The van der Waals surface area contributed by atoms with Crippen molar-refractivity contribution in [2.24, 2.45) is 0 Å². The molecule has 0 radical (unpaired) electrons. The zero-order valence-corrected chi connectivity index (χ0v) is 13.5. The molecule has 2 amide bonds. The molecule has 8 heteroatoms. The van der Waals surface area contributed by atoms with E-state index >= 15 is 0 Å². The molecule has 2 rings (SSSR count). The van der Waals surface area contributed by atoms with Crippen molar-refractivity contribution in [1.29, 1.82) is 0 Å². The van der Waals surface area contributed by atoms with Crippen LogP contribution in [0.4, 0.5) is 0 Å². The topological polar surface area (TPSA) is 104 Å². The van der Waals surface area contributed by atoms with E-state index in [0.717, 1.165) is 17.3 Å². The zero-order valence-electron chi connectivity index (χ0n) is 12.7. The molecule has 7 nitrogen and oxygen atoms in total. The van der Waals surface area contributed by atoms with Gasteiger partial charge in [0.1, 0.15) is 0 Å². The number of aromatic nitrogens is 2. The minimum Gasteiger partial charge on any atom is -0.301 e. The van der Waals surface area contributed by atoms with E-state index in [1.807, 2.05) is 19.1 Å². The molecular formula is C15H16N4O3S. The molecule has 0 saturated carbocycles. The van der Waals surface area contributed by atoms with Crippen LogP contribution in [0.1, 0.15) is 21.6 Å². The lowest BCUT2D eigenvalue weighted by Crippen LogP contribution is -2.42. The van der Waals surface area contributed by atoms with Crippen molar-refractivity contribution < 1.29 is 9.59 Å². The number of thioether (sulfide) groups is 1. The average Bonchev–Trinajstić information content (AvgIpc) is 2.50. The number of hydrogen-bond donors (Lipinski definition) is 3. The standard InChI is InChI=1S/C15H16N4O3S/c1-9-5-3-4-6-11(9)14(22)19-18-13(21)8-23-15-16-10(2)7-12(20)17-15/h3-7H,8H2,1-2H3,(H,18,21)(H,19,22)(H,16,17,20). The Hall–Kier alpha value is -2.61. The highest BCUT2D eigenvalue weighted by molar-refractivity contribution is 7.99. The van der Waals surface area contributed by atoms with E-state index in [2.05, 4.69) is 20.8 Å². The van der Waals surface area contributed by atoms with E-state index in [1.165, 1.54) is 6.07 Å². The van der Waals surface area contributed by atoms with Crippen LogP contribution < -0.4 is 16.4 Å². The maximum absolute atomic E-state index is 11.9. The zero-order chi connectivity index (χ0) is 16.8. The largest absolute Gasteiger partial charge is 0.301 e. The van der Waals surface area contributed by atoms with Crippen LogP contribution in [-0.4, -0.2) is 27.5 Å². The Balaban J connectivity index is 1.84. The van der Waals surface area contributed by atoms with Crippen LogP contribution in [0.15, 0.2) is 40.3 Å². The van der Waals surface area contributed by atoms with Crippen LogP contribution in [0.5, 0.6) is 0 Å². The third kappa shape index (κ3) is 4.96. The smallest absolute Gasteiger partial charge is 0.269 e. The predicted octanol–water partition coefficient (Wildman–Crippen LogP) is 0.940. The highest BCUT2D eigenvalue weighted by Crippen LogP contribution is 2.10. The summed E-state index contributed by atoms with van der Waals surface area (Å²) in [4.78, 5) is 41.6. The number of aromatic amines is 1. The van der Waals surface area contributed by atoms with Crippen LogP contribution in [0.2, 0.25) is 0 Å². The van der Waals surface area contributed by atoms with Gasteiger partial charge in [-0.25, -0.2) is 4.98 Å². The van der Waals surface area contributed by atoms with Crippen LogP contribution >= 0.6 is 11.8 Å². The van der Waals surface area contributed by atoms with E-state index in [4.69, 9.17) is 0 Å². The number of hydrazine groups is 1. The molecule has 0 saturated heterocycles. The molecular weight excluding hydrogens is 316 g/mol. The van der Waals surface area contributed by atoms with Gasteiger partial charge >= 0.3 is 0 Å². The summed E-state index contributed by atoms with van der Waals surface area (Å²) in [5, 5.41) is 0.357. The second-order valence-corrected chi connectivity index (χ2v) is 5.76. The Morgan fingerprint density at radius 1 is 1.22 bits per heavy atom. The summed E-state index contributed by atoms with van der Waals surface area (Å²) in [7, 11) is 0. The molecule has 0 atom stereocenters. The number of hydrogen-bond acceptors (Lipinski definition) is 5. The summed E-state index contributed by atoms with van der Waals surface area (Å²) in [5.41, 5.74) is 6.29.